The number of aryl methyl sites for hydroxylation is 1. The minimum Gasteiger partial charge on any atom is -0.483 e. The maximum atomic E-state index is 12.2. The third-order valence-electron chi connectivity index (χ3n) is 4.32. The number of ether oxygens (including phenoxy) is 1. The molecule has 1 heterocycles. The van der Waals surface area contributed by atoms with Crippen LogP contribution in [0.1, 0.15) is 31.3 Å². The van der Waals surface area contributed by atoms with Crippen LogP contribution in [0.5, 0.6) is 5.75 Å². The van der Waals surface area contributed by atoms with Crippen molar-refractivity contribution < 1.29 is 9.53 Å². The number of hydrogen-bond acceptors (Lipinski definition) is 5. The molecule has 0 radical (unpaired) electrons. The first kappa shape index (κ1) is 21.2. The third-order valence-corrected chi connectivity index (χ3v) is 5.57. The van der Waals surface area contributed by atoms with E-state index in [1.165, 1.54) is 17.3 Å². The van der Waals surface area contributed by atoms with E-state index in [4.69, 9.17) is 16.3 Å². The first-order chi connectivity index (χ1) is 14.0. The van der Waals surface area contributed by atoms with Crippen molar-refractivity contribution in [3.63, 3.8) is 0 Å². The van der Waals surface area contributed by atoms with Gasteiger partial charge in [0, 0.05) is 17.8 Å². The Morgan fingerprint density at radius 2 is 2.00 bits per heavy atom. The number of nitrogens with one attached hydrogen (secondary N) is 1. The second-order valence-corrected chi connectivity index (χ2v) is 7.88. The van der Waals surface area contributed by atoms with E-state index in [0.717, 1.165) is 12.2 Å². The summed E-state index contributed by atoms with van der Waals surface area (Å²) in [5, 5.41) is 12.5. The Morgan fingerprint density at radius 3 is 2.69 bits per heavy atom. The zero-order valence-electron chi connectivity index (χ0n) is 16.6. The van der Waals surface area contributed by atoms with Crippen LogP contribution in [0.4, 0.5) is 5.69 Å². The molecule has 0 fully saturated rings. The summed E-state index contributed by atoms with van der Waals surface area (Å²) in [5.74, 6) is 1.56. The topological polar surface area (TPSA) is 69.0 Å². The number of hydrogen-bond donors (Lipinski definition) is 1. The van der Waals surface area contributed by atoms with Crippen molar-refractivity contribution in [2.45, 2.75) is 31.5 Å². The molecular formula is C21H23ClN4O2S. The van der Waals surface area contributed by atoms with Gasteiger partial charge < -0.3 is 14.6 Å². The monoisotopic (exact) mass is 430 g/mol. The fraction of sp³-hybridized carbons (Fsp3) is 0.286. The van der Waals surface area contributed by atoms with Gasteiger partial charge in [0.15, 0.2) is 17.1 Å². The molecule has 29 heavy (non-hydrogen) atoms. The summed E-state index contributed by atoms with van der Waals surface area (Å²) < 4.78 is 7.84. The number of carbonyl (C=O) groups excluding carboxylic acids is 1. The standard InChI is InChI=1S/C21H23ClN4O2S/c1-4-15-8-10-18(11-9-15)28-14(2)20-24-25-21(26(20)3)29-13-19(27)23-17-7-5-6-16(22)12-17/h5-12,14H,4,13H2,1-3H3,(H,23,27)/t14-/m0/s1. The maximum absolute atomic E-state index is 12.2. The Labute approximate surface area is 179 Å². The highest BCUT2D eigenvalue weighted by atomic mass is 35.5. The van der Waals surface area contributed by atoms with Crippen LogP contribution >= 0.6 is 23.4 Å². The molecule has 6 nitrogen and oxygen atoms in total. The lowest BCUT2D eigenvalue weighted by Gasteiger charge is -2.14. The molecule has 2 aromatic carbocycles. The van der Waals surface area contributed by atoms with Crippen LogP contribution in [0.25, 0.3) is 0 Å². The molecule has 1 atom stereocenters. The number of anilines is 1. The van der Waals surface area contributed by atoms with E-state index in [9.17, 15) is 4.79 Å². The molecule has 0 saturated carbocycles. The van der Waals surface area contributed by atoms with Gasteiger partial charge in [-0.3, -0.25) is 4.79 Å². The predicted octanol–water partition coefficient (Wildman–Crippen LogP) is 4.90. The largest absolute Gasteiger partial charge is 0.483 e. The van der Waals surface area contributed by atoms with Gasteiger partial charge in [0.05, 0.1) is 5.75 Å². The first-order valence-corrected chi connectivity index (χ1v) is 10.7. The van der Waals surface area contributed by atoms with Crippen molar-refractivity contribution in [3.8, 4) is 5.75 Å². The van der Waals surface area contributed by atoms with Crippen molar-refractivity contribution >= 4 is 35.0 Å². The molecule has 3 rings (SSSR count). The van der Waals surface area contributed by atoms with Crippen LogP contribution in [0, 0.1) is 0 Å². The van der Waals surface area contributed by atoms with E-state index < -0.39 is 0 Å². The number of carbonyl (C=O) groups is 1. The molecule has 0 aliphatic carbocycles. The van der Waals surface area contributed by atoms with E-state index in [1.54, 1.807) is 24.3 Å². The average Bonchev–Trinajstić information content (AvgIpc) is 3.07. The Hall–Kier alpha value is -2.51. The third kappa shape index (κ3) is 5.74. The van der Waals surface area contributed by atoms with Gasteiger partial charge in [-0.1, -0.05) is 48.5 Å². The normalized spacial score (nSPS) is 11.9. The maximum Gasteiger partial charge on any atom is 0.234 e. The summed E-state index contributed by atoms with van der Waals surface area (Å²) in [6.07, 6.45) is 0.722. The minimum absolute atomic E-state index is 0.137. The van der Waals surface area contributed by atoms with Crippen LogP contribution in [0.2, 0.25) is 5.02 Å². The summed E-state index contributed by atoms with van der Waals surface area (Å²) in [5.41, 5.74) is 1.93. The van der Waals surface area contributed by atoms with Gasteiger partial charge in [-0.2, -0.15) is 0 Å². The number of rotatable bonds is 8. The van der Waals surface area contributed by atoms with Gasteiger partial charge in [0.2, 0.25) is 5.91 Å². The van der Waals surface area contributed by atoms with Crippen LogP contribution in [0.3, 0.4) is 0 Å². The second kappa shape index (κ2) is 9.80. The van der Waals surface area contributed by atoms with Crippen LogP contribution in [-0.2, 0) is 18.3 Å². The number of amides is 1. The van der Waals surface area contributed by atoms with Crippen molar-refractivity contribution in [2.24, 2.45) is 7.05 Å². The molecule has 0 spiro atoms. The quantitative estimate of drug-likeness (QED) is 0.514. The number of halogens is 1. The fourth-order valence-electron chi connectivity index (χ4n) is 2.76. The van der Waals surface area contributed by atoms with E-state index in [2.05, 4.69) is 34.6 Å². The van der Waals surface area contributed by atoms with Gasteiger partial charge in [-0.05, 0) is 49.2 Å². The van der Waals surface area contributed by atoms with E-state index in [-0.39, 0.29) is 17.8 Å². The Morgan fingerprint density at radius 1 is 1.24 bits per heavy atom. The summed E-state index contributed by atoms with van der Waals surface area (Å²) in [6.45, 7) is 4.05. The lowest BCUT2D eigenvalue weighted by atomic mass is 10.2. The highest BCUT2D eigenvalue weighted by Gasteiger charge is 2.18. The molecular weight excluding hydrogens is 408 g/mol. The molecule has 0 saturated heterocycles. The smallest absolute Gasteiger partial charge is 0.234 e. The van der Waals surface area contributed by atoms with Crippen molar-refractivity contribution in [1.29, 1.82) is 0 Å². The minimum atomic E-state index is -0.269. The molecule has 0 aliphatic rings. The Balaban J connectivity index is 1.57. The molecule has 1 N–H and O–H groups in total. The molecule has 1 amide bonds. The number of nitrogens with zero attached hydrogens (tertiary/aromatic N) is 3. The highest BCUT2D eigenvalue weighted by Crippen LogP contribution is 2.24. The number of benzene rings is 2. The van der Waals surface area contributed by atoms with Gasteiger partial charge in [0.1, 0.15) is 5.75 Å². The molecule has 0 aliphatic heterocycles. The Bertz CT molecular complexity index is 975. The Kier molecular flexibility index (Phi) is 7.17. The number of thioether (sulfide) groups is 1. The van der Waals surface area contributed by atoms with Crippen LogP contribution in [0.15, 0.2) is 53.7 Å². The van der Waals surface area contributed by atoms with Crippen molar-refractivity contribution in [2.75, 3.05) is 11.1 Å². The van der Waals surface area contributed by atoms with Gasteiger partial charge >= 0.3 is 0 Å². The van der Waals surface area contributed by atoms with E-state index in [0.29, 0.717) is 21.7 Å². The van der Waals surface area contributed by atoms with Crippen molar-refractivity contribution in [1.82, 2.24) is 14.8 Å². The summed E-state index contributed by atoms with van der Waals surface area (Å²) >= 11 is 7.25. The lowest BCUT2D eigenvalue weighted by molar-refractivity contribution is -0.113. The molecule has 0 bridgehead atoms. The van der Waals surface area contributed by atoms with Crippen LogP contribution in [-0.4, -0.2) is 26.4 Å². The van der Waals surface area contributed by atoms with Crippen LogP contribution < -0.4 is 10.1 Å². The van der Waals surface area contributed by atoms with E-state index in [1.807, 2.05) is 30.7 Å². The van der Waals surface area contributed by atoms with Gasteiger partial charge in [-0.15, -0.1) is 10.2 Å². The first-order valence-electron chi connectivity index (χ1n) is 9.29. The molecule has 152 valence electrons. The van der Waals surface area contributed by atoms with E-state index >= 15 is 0 Å². The molecule has 1 aromatic heterocycles. The summed E-state index contributed by atoms with van der Waals surface area (Å²) in [6, 6.07) is 15.1. The molecule has 3 aromatic rings. The van der Waals surface area contributed by atoms with Gasteiger partial charge in [-0.25, -0.2) is 0 Å². The second-order valence-electron chi connectivity index (χ2n) is 6.50. The lowest BCUT2D eigenvalue weighted by Crippen LogP contribution is -2.14. The van der Waals surface area contributed by atoms with Gasteiger partial charge in [0.25, 0.3) is 0 Å². The summed E-state index contributed by atoms with van der Waals surface area (Å²) in [4.78, 5) is 12.2. The SMILES string of the molecule is CCc1ccc(O[C@@H](C)c2nnc(SCC(=O)Nc3cccc(Cl)c3)n2C)cc1. The summed E-state index contributed by atoms with van der Waals surface area (Å²) in [7, 11) is 1.87. The predicted molar refractivity (Wildman–Crippen MR) is 117 cm³/mol. The van der Waals surface area contributed by atoms with Crippen molar-refractivity contribution in [3.05, 3.63) is 64.9 Å². The highest BCUT2D eigenvalue weighted by molar-refractivity contribution is 7.99. The fourth-order valence-corrected chi connectivity index (χ4v) is 3.67. The average molecular weight is 431 g/mol. The molecule has 8 heteroatoms. The molecule has 0 unspecified atom stereocenters. The zero-order valence-corrected chi connectivity index (χ0v) is 18.1. The zero-order chi connectivity index (χ0) is 20.8. The number of aromatic nitrogens is 3.